The van der Waals surface area contributed by atoms with Gasteiger partial charge in [-0.05, 0) is 26.2 Å². The highest BCUT2D eigenvalue weighted by molar-refractivity contribution is 7.62. The molecule has 2 heterocycles. The van der Waals surface area contributed by atoms with E-state index in [0.717, 1.165) is 18.4 Å². The van der Waals surface area contributed by atoms with E-state index >= 15 is 0 Å². The molecular weight excluding hydrogens is 303 g/mol. The van der Waals surface area contributed by atoms with E-state index in [-0.39, 0.29) is 12.3 Å². The van der Waals surface area contributed by atoms with Crippen molar-refractivity contribution in [3.8, 4) is 0 Å². The monoisotopic (exact) mass is 324 g/mol. The fraction of sp³-hybridized carbons (Fsp3) is 0.615. The second-order valence-corrected chi connectivity index (χ2v) is 9.48. The number of nitrogen functional groups attached to an aromatic ring is 1. The van der Waals surface area contributed by atoms with Gasteiger partial charge >= 0.3 is 0 Å². The first kappa shape index (κ1) is 15.2. The topological polar surface area (TPSA) is 108 Å². The first-order valence-electron chi connectivity index (χ1n) is 7.29. The molecule has 0 aromatic carbocycles. The molecule has 1 aliphatic rings. The van der Waals surface area contributed by atoms with Gasteiger partial charge in [0.25, 0.3) is 0 Å². The minimum Gasteiger partial charge on any atom is -0.372 e. The molecule has 0 amide bonds. The molecule has 0 radical (unpaired) electrons. The van der Waals surface area contributed by atoms with Gasteiger partial charge in [-0.1, -0.05) is 0 Å². The number of fused-ring (bicyclic) bond motifs is 1. The third kappa shape index (κ3) is 3.75. The number of rotatable bonds is 7. The Hall–Kier alpha value is -1.66. The van der Waals surface area contributed by atoms with Gasteiger partial charge in [0.05, 0.1) is 19.3 Å². The van der Waals surface area contributed by atoms with Crippen molar-refractivity contribution in [2.75, 3.05) is 37.3 Å². The predicted octanol–water partition coefficient (Wildman–Crippen LogP) is 1.58. The van der Waals surface area contributed by atoms with E-state index in [1.807, 2.05) is 4.57 Å². The van der Waals surface area contributed by atoms with Crippen LogP contribution in [-0.4, -0.2) is 51.8 Å². The summed E-state index contributed by atoms with van der Waals surface area (Å²) in [4.78, 5) is 12.9. The van der Waals surface area contributed by atoms with Gasteiger partial charge in [-0.15, -0.1) is 0 Å². The molecule has 0 unspecified atom stereocenters. The highest BCUT2D eigenvalue weighted by Crippen LogP contribution is 2.35. The van der Waals surface area contributed by atoms with Crippen LogP contribution >= 0.6 is 7.14 Å². The second kappa shape index (κ2) is 5.85. The van der Waals surface area contributed by atoms with Crippen LogP contribution in [0.4, 0.5) is 11.8 Å². The first-order chi connectivity index (χ1) is 10.4. The lowest BCUT2D eigenvalue weighted by molar-refractivity contribution is 0.167. The van der Waals surface area contributed by atoms with Gasteiger partial charge in [-0.25, -0.2) is 4.98 Å². The summed E-state index contributed by atoms with van der Waals surface area (Å²) < 4.78 is 18.9. The number of ether oxygens (including phenoxy) is 1. The third-order valence-corrected chi connectivity index (χ3v) is 4.08. The maximum Gasteiger partial charge on any atom is 0.224 e. The molecule has 22 heavy (non-hydrogen) atoms. The number of aromatic nitrogens is 4. The molecule has 0 spiro atoms. The number of hydrogen-bond acceptors (Lipinski definition) is 7. The van der Waals surface area contributed by atoms with Crippen LogP contribution in [0.1, 0.15) is 12.8 Å². The number of imidazole rings is 1. The second-order valence-electron chi connectivity index (χ2n) is 6.07. The highest BCUT2D eigenvalue weighted by Gasteiger charge is 2.23. The maximum atomic E-state index is 11.6. The van der Waals surface area contributed by atoms with Crippen molar-refractivity contribution in [1.29, 1.82) is 0 Å². The summed E-state index contributed by atoms with van der Waals surface area (Å²) in [5.74, 6) is 0.918. The van der Waals surface area contributed by atoms with E-state index in [2.05, 4.69) is 20.3 Å². The largest absolute Gasteiger partial charge is 0.372 e. The van der Waals surface area contributed by atoms with Gasteiger partial charge < -0.3 is 24.9 Å². The van der Waals surface area contributed by atoms with Crippen molar-refractivity contribution < 1.29 is 9.30 Å². The lowest BCUT2D eigenvalue weighted by atomic mass is 10.4. The zero-order valence-corrected chi connectivity index (χ0v) is 13.7. The molecule has 0 bridgehead atoms. The summed E-state index contributed by atoms with van der Waals surface area (Å²) >= 11 is 0. The standard InChI is InChI=1S/C13H21N6O2P/c1-22(2,20)8-21-6-5-19-7-15-10-11(16-9-3-4-9)17-13(14)18-12(10)19/h7,9H,3-6,8H2,1-2H3,(H3,14,16,17,18). The fourth-order valence-electron chi connectivity index (χ4n) is 2.09. The van der Waals surface area contributed by atoms with Crippen molar-refractivity contribution in [2.24, 2.45) is 0 Å². The summed E-state index contributed by atoms with van der Waals surface area (Å²) in [6, 6.07) is 0.467. The number of anilines is 2. The molecule has 9 heteroatoms. The van der Waals surface area contributed by atoms with Crippen molar-refractivity contribution in [3.63, 3.8) is 0 Å². The van der Waals surface area contributed by atoms with Gasteiger partial charge in [-0.2, -0.15) is 9.97 Å². The minimum absolute atomic E-state index is 0.227. The molecule has 1 saturated carbocycles. The first-order valence-corrected chi connectivity index (χ1v) is 10.1. The van der Waals surface area contributed by atoms with Crippen molar-refractivity contribution in [2.45, 2.75) is 25.4 Å². The Morgan fingerprint density at radius 2 is 2.23 bits per heavy atom. The summed E-state index contributed by atoms with van der Waals surface area (Å²) in [5.41, 5.74) is 7.20. The Kier molecular flexibility index (Phi) is 4.06. The molecule has 0 atom stereocenters. The predicted molar refractivity (Wildman–Crippen MR) is 86.7 cm³/mol. The number of nitrogens with zero attached hydrogens (tertiary/aromatic N) is 4. The van der Waals surface area contributed by atoms with Crippen LogP contribution in [0.15, 0.2) is 6.33 Å². The molecule has 2 aromatic heterocycles. The average molecular weight is 324 g/mol. The van der Waals surface area contributed by atoms with Crippen molar-refractivity contribution in [1.82, 2.24) is 19.5 Å². The Bertz CT molecular complexity index is 721. The zero-order valence-electron chi connectivity index (χ0n) is 12.8. The minimum atomic E-state index is -2.15. The zero-order chi connectivity index (χ0) is 15.7. The summed E-state index contributed by atoms with van der Waals surface area (Å²) in [6.45, 7) is 4.45. The number of nitrogens with two attached hydrogens (primary N) is 1. The summed E-state index contributed by atoms with van der Waals surface area (Å²) in [5, 5.41) is 3.33. The van der Waals surface area contributed by atoms with E-state index in [1.54, 1.807) is 19.7 Å². The quantitative estimate of drug-likeness (QED) is 0.588. The molecule has 1 aliphatic carbocycles. The van der Waals surface area contributed by atoms with E-state index in [9.17, 15) is 4.57 Å². The molecule has 120 valence electrons. The molecule has 2 aromatic rings. The number of hydrogen-bond donors (Lipinski definition) is 2. The van der Waals surface area contributed by atoms with Gasteiger partial charge in [0, 0.05) is 12.6 Å². The average Bonchev–Trinajstić information content (AvgIpc) is 3.13. The summed E-state index contributed by atoms with van der Waals surface area (Å²) in [6.07, 6.45) is 4.28. The molecule has 3 rings (SSSR count). The lowest BCUT2D eigenvalue weighted by Gasteiger charge is -2.09. The van der Waals surface area contributed by atoms with E-state index in [4.69, 9.17) is 10.5 Å². The lowest BCUT2D eigenvalue weighted by Crippen LogP contribution is -2.09. The molecule has 8 nitrogen and oxygen atoms in total. The molecule has 1 fully saturated rings. The van der Waals surface area contributed by atoms with Crippen LogP contribution in [0.25, 0.3) is 11.2 Å². The van der Waals surface area contributed by atoms with Gasteiger partial charge in [0.2, 0.25) is 5.95 Å². The van der Waals surface area contributed by atoms with Crippen LogP contribution < -0.4 is 11.1 Å². The van der Waals surface area contributed by atoms with Crippen LogP contribution in [-0.2, 0) is 15.8 Å². The van der Waals surface area contributed by atoms with Crippen LogP contribution in [0.5, 0.6) is 0 Å². The van der Waals surface area contributed by atoms with Gasteiger partial charge in [0.15, 0.2) is 17.0 Å². The Balaban J connectivity index is 1.73. The Morgan fingerprint density at radius 1 is 1.45 bits per heavy atom. The van der Waals surface area contributed by atoms with Crippen LogP contribution in [0.3, 0.4) is 0 Å². The Morgan fingerprint density at radius 3 is 2.91 bits per heavy atom. The molecule has 3 N–H and O–H groups in total. The van der Waals surface area contributed by atoms with Crippen LogP contribution in [0.2, 0.25) is 0 Å². The van der Waals surface area contributed by atoms with Gasteiger partial charge in [-0.3, -0.25) is 0 Å². The van der Waals surface area contributed by atoms with E-state index < -0.39 is 7.14 Å². The highest BCUT2D eigenvalue weighted by atomic mass is 31.2. The molecule has 0 aliphatic heterocycles. The maximum absolute atomic E-state index is 11.6. The van der Waals surface area contributed by atoms with E-state index in [0.29, 0.717) is 30.7 Å². The molecule has 0 saturated heterocycles. The number of nitrogens with one attached hydrogen (secondary N) is 1. The molecular formula is C13H21N6O2P. The van der Waals surface area contributed by atoms with Gasteiger partial charge in [0.1, 0.15) is 7.14 Å². The third-order valence-electron chi connectivity index (χ3n) is 3.28. The summed E-state index contributed by atoms with van der Waals surface area (Å²) in [7, 11) is -2.15. The van der Waals surface area contributed by atoms with Crippen molar-refractivity contribution >= 4 is 30.1 Å². The SMILES string of the molecule is CP(C)(=O)COCCn1cnc2c(NC3CC3)nc(N)nc21. The van der Waals surface area contributed by atoms with E-state index in [1.165, 1.54) is 0 Å². The van der Waals surface area contributed by atoms with Crippen LogP contribution in [0, 0.1) is 0 Å². The normalized spacial score (nSPS) is 15.4. The fourth-order valence-corrected chi connectivity index (χ4v) is 2.66. The Labute approximate surface area is 128 Å². The van der Waals surface area contributed by atoms with Crippen molar-refractivity contribution in [3.05, 3.63) is 6.33 Å². The smallest absolute Gasteiger partial charge is 0.224 e.